The van der Waals surface area contributed by atoms with Crippen LogP contribution in [0.3, 0.4) is 0 Å². The molecular formula is C10H24N4O3S. The van der Waals surface area contributed by atoms with Crippen molar-refractivity contribution in [3.8, 4) is 0 Å². The highest BCUT2D eigenvalue weighted by molar-refractivity contribution is 7.90. The molecule has 0 heterocycles. The first kappa shape index (κ1) is 17.1. The van der Waals surface area contributed by atoms with Crippen LogP contribution in [0.2, 0.25) is 0 Å². The van der Waals surface area contributed by atoms with Gasteiger partial charge in [-0.15, -0.1) is 0 Å². The van der Waals surface area contributed by atoms with Crippen molar-refractivity contribution in [2.45, 2.75) is 19.8 Å². The van der Waals surface area contributed by atoms with E-state index in [-0.39, 0.29) is 5.75 Å². The van der Waals surface area contributed by atoms with Gasteiger partial charge in [-0.2, -0.15) is 0 Å². The molecule has 0 saturated carbocycles. The molecule has 0 aliphatic rings. The topological polar surface area (TPSA) is 106 Å². The molecular weight excluding hydrogens is 256 g/mol. The van der Waals surface area contributed by atoms with Crippen molar-refractivity contribution < 1.29 is 13.2 Å². The lowest BCUT2D eigenvalue weighted by molar-refractivity contribution is 0.145. The van der Waals surface area contributed by atoms with Crippen LogP contribution in [0.1, 0.15) is 19.8 Å². The number of aliphatic imine (C=N–C) groups is 1. The minimum Gasteiger partial charge on any atom is -0.382 e. The zero-order valence-electron chi connectivity index (χ0n) is 11.1. The SMILES string of the molecule is CCOCCCNC(=NCCCS(C)(=O)=O)NN. The summed E-state index contributed by atoms with van der Waals surface area (Å²) in [5.41, 5.74) is 2.44. The first-order valence-corrected chi connectivity index (χ1v) is 8.06. The monoisotopic (exact) mass is 280 g/mol. The zero-order valence-corrected chi connectivity index (χ0v) is 11.9. The molecule has 0 atom stereocenters. The molecule has 0 aliphatic carbocycles. The standard InChI is InChI=1S/C10H24N4O3S/c1-3-17-8-4-6-12-10(14-11)13-7-5-9-18(2,15)16/h3-9,11H2,1-2H3,(H2,12,13,14). The minimum absolute atomic E-state index is 0.138. The number of nitrogens with two attached hydrogens (primary N) is 1. The molecule has 0 aromatic heterocycles. The summed E-state index contributed by atoms with van der Waals surface area (Å²) in [6, 6.07) is 0. The lowest BCUT2D eigenvalue weighted by Crippen LogP contribution is -2.42. The summed E-state index contributed by atoms with van der Waals surface area (Å²) in [6.45, 7) is 4.47. The second-order valence-corrected chi connectivity index (χ2v) is 6.10. The van der Waals surface area contributed by atoms with Gasteiger partial charge in [0.2, 0.25) is 5.96 Å². The zero-order chi connectivity index (χ0) is 13.9. The Morgan fingerprint density at radius 2 is 2.11 bits per heavy atom. The quantitative estimate of drug-likeness (QED) is 0.169. The number of nitrogens with one attached hydrogen (secondary N) is 2. The number of hydrazine groups is 1. The summed E-state index contributed by atoms with van der Waals surface area (Å²) >= 11 is 0. The second kappa shape index (κ2) is 10.1. The Labute approximate surface area is 109 Å². The highest BCUT2D eigenvalue weighted by Gasteiger charge is 2.01. The van der Waals surface area contributed by atoms with Gasteiger partial charge in [0.1, 0.15) is 9.84 Å². The molecule has 0 saturated heterocycles. The smallest absolute Gasteiger partial charge is 0.205 e. The lowest BCUT2D eigenvalue weighted by atomic mass is 10.4. The van der Waals surface area contributed by atoms with Crippen LogP contribution in [0.25, 0.3) is 0 Å². The van der Waals surface area contributed by atoms with Gasteiger partial charge in [0, 0.05) is 32.6 Å². The molecule has 0 rings (SSSR count). The van der Waals surface area contributed by atoms with Crippen molar-refractivity contribution in [1.29, 1.82) is 0 Å². The van der Waals surface area contributed by atoms with E-state index in [0.717, 1.165) is 6.42 Å². The summed E-state index contributed by atoms with van der Waals surface area (Å²) < 4.78 is 27.0. The van der Waals surface area contributed by atoms with Crippen LogP contribution in [-0.4, -0.2) is 52.7 Å². The summed E-state index contributed by atoms with van der Waals surface area (Å²) in [7, 11) is -2.91. The van der Waals surface area contributed by atoms with Crippen LogP contribution in [0.5, 0.6) is 0 Å². The average molecular weight is 280 g/mol. The third-order valence-corrected chi connectivity index (χ3v) is 3.07. The largest absolute Gasteiger partial charge is 0.382 e. The van der Waals surface area contributed by atoms with Gasteiger partial charge in [-0.25, -0.2) is 14.3 Å². The van der Waals surface area contributed by atoms with Crippen molar-refractivity contribution in [1.82, 2.24) is 10.7 Å². The maximum atomic E-state index is 10.9. The predicted octanol–water partition coefficient (Wildman–Crippen LogP) is -0.743. The van der Waals surface area contributed by atoms with E-state index in [2.05, 4.69) is 15.7 Å². The molecule has 0 amide bonds. The minimum atomic E-state index is -2.91. The van der Waals surface area contributed by atoms with Gasteiger partial charge in [-0.05, 0) is 19.8 Å². The van der Waals surface area contributed by atoms with E-state index in [1.165, 1.54) is 6.26 Å². The molecule has 0 aliphatic heterocycles. The molecule has 0 spiro atoms. The molecule has 8 heteroatoms. The number of nitrogens with zero attached hydrogens (tertiary/aromatic N) is 1. The summed E-state index contributed by atoms with van der Waals surface area (Å²) in [4.78, 5) is 4.13. The van der Waals surface area contributed by atoms with Gasteiger partial charge in [-0.1, -0.05) is 0 Å². The van der Waals surface area contributed by atoms with Crippen molar-refractivity contribution >= 4 is 15.8 Å². The number of sulfone groups is 1. The van der Waals surface area contributed by atoms with E-state index < -0.39 is 9.84 Å². The number of guanidine groups is 1. The van der Waals surface area contributed by atoms with Gasteiger partial charge in [0.15, 0.2) is 0 Å². The van der Waals surface area contributed by atoms with E-state index >= 15 is 0 Å². The fraction of sp³-hybridized carbons (Fsp3) is 0.900. The van der Waals surface area contributed by atoms with E-state index in [0.29, 0.717) is 38.7 Å². The van der Waals surface area contributed by atoms with Crippen LogP contribution >= 0.6 is 0 Å². The third kappa shape index (κ3) is 11.6. The molecule has 18 heavy (non-hydrogen) atoms. The fourth-order valence-corrected chi connectivity index (χ4v) is 1.85. The Morgan fingerprint density at radius 1 is 1.39 bits per heavy atom. The summed E-state index contributed by atoms with van der Waals surface area (Å²) in [5, 5.41) is 3.01. The summed E-state index contributed by atoms with van der Waals surface area (Å²) in [6.07, 6.45) is 2.56. The molecule has 4 N–H and O–H groups in total. The summed E-state index contributed by atoms with van der Waals surface area (Å²) in [5.74, 6) is 5.90. The fourth-order valence-electron chi connectivity index (χ4n) is 1.20. The van der Waals surface area contributed by atoms with E-state index in [1.807, 2.05) is 6.92 Å². The maximum absolute atomic E-state index is 10.9. The Hall–Kier alpha value is -0.860. The Bertz CT molecular complexity index is 330. The average Bonchev–Trinajstić information content (AvgIpc) is 2.30. The van der Waals surface area contributed by atoms with E-state index in [1.54, 1.807) is 0 Å². The molecule has 0 bridgehead atoms. The Kier molecular flexibility index (Phi) is 9.62. The van der Waals surface area contributed by atoms with Crippen molar-refractivity contribution in [2.24, 2.45) is 10.8 Å². The van der Waals surface area contributed by atoms with Gasteiger partial charge in [-0.3, -0.25) is 10.4 Å². The van der Waals surface area contributed by atoms with E-state index in [9.17, 15) is 8.42 Å². The molecule has 7 nitrogen and oxygen atoms in total. The number of hydrogen-bond acceptors (Lipinski definition) is 5. The molecule has 0 radical (unpaired) electrons. The Morgan fingerprint density at radius 3 is 2.67 bits per heavy atom. The van der Waals surface area contributed by atoms with Crippen molar-refractivity contribution in [3.05, 3.63) is 0 Å². The molecule has 0 fully saturated rings. The van der Waals surface area contributed by atoms with Gasteiger partial charge in [0.25, 0.3) is 0 Å². The van der Waals surface area contributed by atoms with Crippen LogP contribution in [0, 0.1) is 0 Å². The highest BCUT2D eigenvalue weighted by Crippen LogP contribution is 1.89. The number of ether oxygens (including phenoxy) is 1. The van der Waals surface area contributed by atoms with Gasteiger partial charge < -0.3 is 10.1 Å². The number of rotatable bonds is 9. The van der Waals surface area contributed by atoms with Crippen LogP contribution in [0.4, 0.5) is 0 Å². The number of hydrogen-bond donors (Lipinski definition) is 3. The van der Waals surface area contributed by atoms with Crippen molar-refractivity contribution in [3.63, 3.8) is 0 Å². The molecule has 108 valence electrons. The predicted molar refractivity (Wildman–Crippen MR) is 73.1 cm³/mol. The van der Waals surface area contributed by atoms with Crippen molar-refractivity contribution in [2.75, 3.05) is 38.3 Å². The first-order valence-electron chi connectivity index (χ1n) is 6.00. The Balaban J connectivity index is 3.73. The molecule has 0 aromatic rings. The highest BCUT2D eigenvalue weighted by atomic mass is 32.2. The van der Waals surface area contributed by atoms with Gasteiger partial charge >= 0.3 is 0 Å². The van der Waals surface area contributed by atoms with Crippen LogP contribution < -0.4 is 16.6 Å². The third-order valence-electron chi connectivity index (χ3n) is 2.04. The maximum Gasteiger partial charge on any atom is 0.205 e. The lowest BCUT2D eigenvalue weighted by Gasteiger charge is -2.08. The molecule has 0 aromatic carbocycles. The van der Waals surface area contributed by atoms with Gasteiger partial charge in [0.05, 0.1) is 5.75 Å². The molecule has 0 unspecified atom stereocenters. The first-order chi connectivity index (χ1) is 8.49. The van der Waals surface area contributed by atoms with Crippen LogP contribution in [-0.2, 0) is 14.6 Å². The second-order valence-electron chi connectivity index (χ2n) is 3.84. The normalized spacial score (nSPS) is 12.5. The van der Waals surface area contributed by atoms with E-state index in [4.69, 9.17) is 10.6 Å². The van der Waals surface area contributed by atoms with Crippen LogP contribution in [0.15, 0.2) is 4.99 Å².